The molecule has 176 valence electrons. The standard InChI is InChI=1S/C27H28N2O5/c1-5-33-19-12-10-17(11-13-19)21-16-22-20-8-6-7-9-23(20)34-27(29(22)28-21)18-14-24(30-2)26(32-4)25(15-18)31-3/h6-15,22,27H,5,16H2,1-4H3/t22-,27+/m1/s1. The normalized spacial score (nSPS) is 18.4. The number of ether oxygens (including phenoxy) is 5. The van der Waals surface area contributed by atoms with Crippen LogP contribution in [0, 0.1) is 0 Å². The van der Waals surface area contributed by atoms with Crippen molar-refractivity contribution in [2.24, 2.45) is 5.10 Å². The molecule has 2 heterocycles. The molecule has 2 atom stereocenters. The SMILES string of the molecule is CCOc1ccc(C2=NN3[C@H](C2)c2ccccc2O[C@H]3c2cc(OC)c(OC)c(OC)c2)cc1. The molecule has 7 heteroatoms. The summed E-state index contributed by atoms with van der Waals surface area (Å²) in [6, 6.07) is 20.1. The third-order valence-electron chi connectivity index (χ3n) is 6.17. The summed E-state index contributed by atoms with van der Waals surface area (Å²) in [5.41, 5.74) is 4.06. The highest BCUT2D eigenvalue weighted by atomic mass is 16.5. The monoisotopic (exact) mass is 460 g/mol. The zero-order valence-electron chi connectivity index (χ0n) is 19.8. The van der Waals surface area contributed by atoms with Crippen molar-refractivity contribution in [3.05, 3.63) is 77.4 Å². The van der Waals surface area contributed by atoms with Crippen molar-refractivity contribution in [2.75, 3.05) is 27.9 Å². The topological polar surface area (TPSA) is 61.8 Å². The molecule has 0 radical (unpaired) electrons. The molecule has 7 nitrogen and oxygen atoms in total. The summed E-state index contributed by atoms with van der Waals surface area (Å²) >= 11 is 0. The van der Waals surface area contributed by atoms with E-state index < -0.39 is 6.23 Å². The molecule has 0 amide bonds. The third-order valence-corrected chi connectivity index (χ3v) is 6.17. The van der Waals surface area contributed by atoms with Crippen LogP contribution in [0.15, 0.2) is 65.8 Å². The number of methoxy groups -OCH3 is 3. The number of hydrazone groups is 1. The first-order valence-electron chi connectivity index (χ1n) is 11.3. The second-order valence-corrected chi connectivity index (χ2v) is 8.07. The summed E-state index contributed by atoms with van der Waals surface area (Å²) in [6.07, 6.45) is 0.323. The van der Waals surface area contributed by atoms with Gasteiger partial charge in [0.15, 0.2) is 11.5 Å². The Morgan fingerprint density at radius 3 is 2.29 bits per heavy atom. The van der Waals surface area contributed by atoms with E-state index in [2.05, 4.69) is 18.2 Å². The first-order valence-corrected chi connectivity index (χ1v) is 11.3. The van der Waals surface area contributed by atoms with Gasteiger partial charge in [0.2, 0.25) is 12.0 Å². The molecule has 5 rings (SSSR count). The summed E-state index contributed by atoms with van der Waals surface area (Å²) in [6.45, 7) is 2.62. The molecule has 0 spiro atoms. The lowest BCUT2D eigenvalue weighted by molar-refractivity contribution is -0.0192. The number of hydrogen-bond donors (Lipinski definition) is 0. The summed E-state index contributed by atoms with van der Waals surface area (Å²) in [4.78, 5) is 0. The van der Waals surface area contributed by atoms with E-state index in [1.807, 2.05) is 54.4 Å². The Hall–Kier alpha value is -3.87. The third kappa shape index (κ3) is 3.77. The van der Waals surface area contributed by atoms with Crippen molar-refractivity contribution in [1.82, 2.24) is 5.01 Å². The highest BCUT2D eigenvalue weighted by molar-refractivity contribution is 6.02. The zero-order valence-corrected chi connectivity index (χ0v) is 19.8. The maximum Gasteiger partial charge on any atom is 0.214 e. The Morgan fingerprint density at radius 2 is 1.65 bits per heavy atom. The molecular formula is C27H28N2O5. The largest absolute Gasteiger partial charge is 0.494 e. The maximum absolute atomic E-state index is 6.49. The molecule has 0 N–H and O–H groups in total. The molecule has 0 saturated carbocycles. The molecule has 2 aliphatic heterocycles. The van der Waals surface area contributed by atoms with Crippen LogP contribution in [0.25, 0.3) is 0 Å². The predicted molar refractivity (Wildman–Crippen MR) is 129 cm³/mol. The number of fused-ring (bicyclic) bond motifs is 3. The molecule has 0 bridgehead atoms. The Morgan fingerprint density at radius 1 is 0.941 bits per heavy atom. The smallest absolute Gasteiger partial charge is 0.214 e. The molecule has 3 aromatic rings. The molecule has 0 fully saturated rings. The van der Waals surface area contributed by atoms with Gasteiger partial charge in [-0.25, -0.2) is 5.01 Å². The fourth-order valence-corrected chi connectivity index (χ4v) is 4.58. The number of hydrogen-bond acceptors (Lipinski definition) is 7. The quantitative estimate of drug-likeness (QED) is 0.474. The van der Waals surface area contributed by atoms with Crippen LogP contribution in [0.3, 0.4) is 0 Å². The Balaban J connectivity index is 1.57. The minimum Gasteiger partial charge on any atom is -0.494 e. The Kier molecular flexibility index (Phi) is 5.92. The molecule has 0 unspecified atom stereocenters. The molecule has 34 heavy (non-hydrogen) atoms. The van der Waals surface area contributed by atoms with Gasteiger partial charge in [-0.2, -0.15) is 5.10 Å². The zero-order chi connectivity index (χ0) is 23.7. The van der Waals surface area contributed by atoms with Crippen molar-refractivity contribution in [2.45, 2.75) is 25.6 Å². The van der Waals surface area contributed by atoms with Gasteiger partial charge in [0.05, 0.1) is 39.7 Å². The first kappa shape index (κ1) is 21.9. The highest BCUT2D eigenvalue weighted by Gasteiger charge is 2.41. The number of nitrogens with zero attached hydrogens (tertiary/aromatic N) is 2. The van der Waals surface area contributed by atoms with Crippen LogP contribution in [0.5, 0.6) is 28.7 Å². The van der Waals surface area contributed by atoms with Gasteiger partial charge in [-0.05, 0) is 55.0 Å². The van der Waals surface area contributed by atoms with Crippen LogP contribution in [0.2, 0.25) is 0 Å². The minimum atomic E-state index is -0.450. The van der Waals surface area contributed by atoms with E-state index in [0.717, 1.165) is 40.3 Å². The van der Waals surface area contributed by atoms with Crippen molar-refractivity contribution < 1.29 is 23.7 Å². The average molecular weight is 461 g/mol. The van der Waals surface area contributed by atoms with Crippen molar-refractivity contribution in [3.63, 3.8) is 0 Å². The Labute approximate surface area is 199 Å². The highest BCUT2D eigenvalue weighted by Crippen LogP contribution is 2.49. The number of benzene rings is 3. The predicted octanol–water partition coefficient (Wildman–Crippen LogP) is 5.35. The van der Waals surface area contributed by atoms with Gasteiger partial charge in [-0.3, -0.25) is 0 Å². The van der Waals surface area contributed by atoms with E-state index in [1.54, 1.807) is 21.3 Å². The van der Waals surface area contributed by atoms with Gasteiger partial charge in [-0.1, -0.05) is 18.2 Å². The molecule has 0 aliphatic carbocycles. The van der Waals surface area contributed by atoms with Crippen LogP contribution in [-0.2, 0) is 0 Å². The maximum atomic E-state index is 6.49. The van der Waals surface area contributed by atoms with Crippen LogP contribution in [0.4, 0.5) is 0 Å². The van der Waals surface area contributed by atoms with E-state index in [-0.39, 0.29) is 6.04 Å². The lowest BCUT2D eigenvalue weighted by Crippen LogP contribution is -2.33. The van der Waals surface area contributed by atoms with Crippen LogP contribution >= 0.6 is 0 Å². The van der Waals surface area contributed by atoms with Gasteiger partial charge in [0, 0.05) is 17.5 Å². The van der Waals surface area contributed by atoms with Gasteiger partial charge in [0.25, 0.3) is 0 Å². The first-order chi connectivity index (χ1) is 16.7. The van der Waals surface area contributed by atoms with Crippen LogP contribution in [-0.4, -0.2) is 38.7 Å². The van der Waals surface area contributed by atoms with E-state index in [9.17, 15) is 0 Å². The second-order valence-electron chi connectivity index (χ2n) is 8.07. The van der Waals surface area contributed by atoms with Crippen LogP contribution in [0.1, 0.15) is 42.3 Å². The van der Waals surface area contributed by atoms with Crippen molar-refractivity contribution in [1.29, 1.82) is 0 Å². The summed E-state index contributed by atoms with van der Waals surface area (Å²) < 4.78 is 28.8. The van der Waals surface area contributed by atoms with Gasteiger partial charge in [-0.15, -0.1) is 0 Å². The molecule has 2 aliphatic rings. The molecule has 3 aromatic carbocycles. The summed E-state index contributed by atoms with van der Waals surface area (Å²) in [5.74, 6) is 3.40. The number of rotatable bonds is 7. The fraction of sp³-hybridized carbons (Fsp3) is 0.296. The summed E-state index contributed by atoms with van der Waals surface area (Å²) in [7, 11) is 4.81. The molecule has 0 saturated heterocycles. The molecule has 0 aromatic heterocycles. The summed E-state index contributed by atoms with van der Waals surface area (Å²) in [5, 5.41) is 7.07. The van der Waals surface area contributed by atoms with Gasteiger partial charge in [0.1, 0.15) is 11.5 Å². The second kappa shape index (κ2) is 9.17. The van der Waals surface area contributed by atoms with E-state index in [0.29, 0.717) is 23.9 Å². The lowest BCUT2D eigenvalue weighted by Gasteiger charge is -2.38. The fourth-order valence-electron chi connectivity index (χ4n) is 4.58. The van der Waals surface area contributed by atoms with Crippen molar-refractivity contribution in [3.8, 4) is 28.7 Å². The molecular weight excluding hydrogens is 432 g/mol. The Bertz CT molecular complexity index is 1180. The van der Waals surface area contributed by atoms with Gasteiger partial charge < -0.3 is 23.7 Å². The van der Waals surface area contributed by atoms with E-state index in [4.69, 9.17) is 28.8 Å². The van der Waals surface area contributed by atoms with E-state index in [1.165, 1.54) is 0 Å². The minimum absolute atomic E-state index is 0.0515. The number of para-hydroxylation sites is 1. The van der Waals surface area contributed by atoms with Crippen LogP contribution < -0.4 is 23.7 Å². The van der Waals surface area contributed by atoms with Gasteiger partial charge >= 0.3 is 0 Å². The van der Waals surface area contributed by atoms with E-state index >= 15 is 0 Å². The van der Waals surface area contributed by atoms with Crippen molar-refractivity contribution >= 4 is 5.71 Å². The average Bonchev–Trinajstić information content (AvgIpc) is 3.33. The lowest BCUT2D eigenvalue weighted by atomic mass is 9.96.